The lowest BCUT2D eigenvalue weighted by Gasteiger charge is -2.26. The summed E-state index contributed by atoms with van der Waals surface area (Å²) in [7, 11) is 0. The van der Waals surface area contributed by atoms with Gasteiger partial charge in [0.25, 0.3) is 0 Å². The molecule has 0 aromatic heterocycles. The second-order valence-corrected chi connectivity index (χ2v) is 5.07. The molecule has 0 atom stereocenters. The van der Waals surface area contributed by atoms with Crippen LogP contribution in [0.5, 0.6) is 5.75 Å². The van der Waals surface area contributed by atoms with Gasteiger partial charge in [0, 0.05) is 17.9 Å². The van der Waals surface area contributed by atoms with E-state index in [9.17, 15) is 5.11 Å². The number of rotatable bonds is 6. The van der Waals surface area contributed by atoms with E-state index in [1.54, 1.807) is 6.07 Å². The van der Waals surface area contributed by atoms with Gasteiger partial charge in [-0.1, -0.05) is 28.1 Å². The number of phenolic OH excluding ortho intramolecular Hbond substituents is 1. The highest BCUT2D eigenvalue weighted by atomic mass is 79.9. The molecule has 0 saturated carbocycles. The number of halogens is 1. The van der Waals surface area contributed by atoms with Crippen molar-refractivity contribution in [3.05, 3.63) is 29.8 Å². The topological polar surface area (TPSA) is 23.5 Å². The number of aromatic hydroxyl groups is 1. The monoisotopic (exact) mass is 285 g/mol. The van der Waals surface area contributed by atoms with E-state index in [4.69, 9.17) is 0 Å². The van der Waals surface area contributed by atoms with Crippen molar-refractivity contribution >= 4 is 15.9 Å². The summed E-state index contributed by atoms with van der Waals surface area (Å²) < 4.78 is 0. The SMILES string of the molecule is CC(C)N(CCCBr)Cc1cccc(O)c1. The standard InChI is InChI=1S/C13H20BrNO/c1-11(2)15(8-4-7-14)10-12-5-3-6-13(16)9-12/h3,5-6,9,11,16H,4,7-8,10H2,1-2H3. The van der Waals surface area contributed by atoms with Gasteiger partial charge in [-0.25, -0.2) is 0 Å². The van der Waals surface area contributed by atoms with Gasteiger partial charge in [-0.15, -0.1) is 0 Å². The van der Waals surface area contributed by atoms with Crippen LogP contribution in [0.2, 0.25) is 0 Å². The lowest BCUT2D eigenvalue weighted by molar-refractivity contribution is 0.214. The van der Waals surface area contributed by atoms with E-state index in [2.05, 4.69) is 40.7 Å². The van der Waals surface area contributed by atoms with Gasteiger partial charge in [0.15, 0.2) is 0 Å². The molecular formula is C13H20BrNO. The van der Waals surface area contributed by atoms with Crippen LogP contribution in [-0.4, -0.2) is 27.9 Å². The summed E-state index contributed by atoms with van der Waals surface area (Å²) in [6.07, 6.45) is 1.15. The van der Waals surface area contributed by atoms with Crippen LogP contribution >= 0.6 is 15.9 Å². The van der Waals surface area contributed by atoms with Gasteiger partial charge in [-0.3, -0.25) is 4.90 Å². The minimum atomic E-state index is 0.349. The van der Waals surface area contributed by atoms with Crippen molar-refractivity contribution in [2.75, 3.05) is 11.9 Å². The Morgan fingerprint density at radius 1 is 1.38 bits per heavy atom. The average Bonchev–Trinajstić information content (AvgIpc) is 2.24. The Morgan fingerprint density at radius 3 is 2.69 bits per heavy atom. The van der Waals surface area contributed by atoms with Crippen LogP contribution in [0.15, 0.2) is 24.3 Å². The molecule has 0 radical (unpaired) electrons. The molecule has 0 unspecified atom stereocenters. The zero-order valence-corrected chi connectivity index (χ0v) is 11.6. The Bertz CT molecular complexity index is 315. The van der Waals surface area contributed by atoms with Gasteiger partial charge in [0.1, 0.15) is 5.75 Å². The van der Waals surface area contributed by atoms with Crippen molar-refractivity contribution in [3.63, 3.8) is 0 Å². The van der Waals surface area contributed by atoms with Crippen molar-refractivity contribution in [1.82, 2.24) is 4.90 Å². The van der Waals surface area contributed by atoms with Gasteiger partial charge in [-0.2, -0.15) is 0 Å². The van der Waals surface area contributed by atoms with Crippen LogP contribution < -0.4 is 0 Å². The van der Waals surface area contributed by atoms with Crippen molar-refractivity contribution in [3.8, 4) is 5.75 Å². The Hall–Kier alpha value is -0.540. The van der Waals surface area contributed by atoms with Crippen molar-refractivity contribution in [1.29, 1.82) is 0 Å². The molecular weight excluding hydrogens is 266 g/mol. The Morgan fingerprint density at radius 2 is 2.12 bits per heavy atom. The highest BCUT2D eigenvalue weighted by molar-refractivity contribution is 9.09. The van der Waals surface area contributed by atoms with Gasteiger partial charge < -0.3 is 5.11 Å². The molecule has 3 heteroatoms. The first-order chi connectivity index (χ1) is 7.63. The summed E-state index contributed by atoms with van der Waals surface area (Å²) in [5.74, 6) is 0.349. The number of nitrogens with zero attached hydrogens (tertiary/aromatic N) is 1. The van der Waals surface area contributed by atoms with E-state index in [0.717, 1.165) is 24.8 Å². The summed E-state index contributed by atoms with van der Waals surface area (Å²) in [5, 5.41) is 10.5. The van der Waals surface area contributed by atoms with Crippen LogP contribution in [0, 0.1) is 0 Å². The maximum Gasteiger partial charge on any atom is 0.115 e. The van der Waals surface area contributed by atoms with E-state index in [1.807, 2.05) is 12.1 Å². The molecule has 0 aliphatic heterocycles. The summed E-state index contributed by atoms with van der Waals surface area (Å²) in [6, 6.07) is 8.03. The third-order valence-corrected chi connectivity index (χ3v) is 3.17. The maximum absolute atomic E-state index is 9.41. The fourth-order valence-electron chi connectivity index (χ4n) is 1.67. The lowest BCUT2D eigenvalue weighted by Crippen LogP contribution is -2.31. The summed E-state index contributed by atoms with van der Waals surface area (Å²) in [4.78, 5) is 2.41. The minimum absolute atomic E-state index is 0.349. The molecule has 2 nitrogen and oxygen atoms in total. The third kappa shape index (κ3) is 4.54. The second-order valence-electron chi connectivity index (χ2n) is 4.28. The maximum atomic E-state index is 9.41. The number of hydrogen-bond acceptors (Lipinski definition) is 2. The Labute approximate surface area is 106 Å². The number of alkyl halides is 1. The molecule has 1 aromatic rings. The van der Waals surface area contributed by atoms with Crippen molar-refractivity contribution in [2.45, 2.75) is 32.9 Å². The van der Waals surface area contributed by atoms with Gasteiger partial charge in [0.05, 0.1) is 0 Å². The quantitative estimate of drug-likeness (QED) is 0.810. The first-order valence-corrected chi connectivity index (χ1v) is 6.83. The molecule has 1 rings (SSSR count). The molecule has 16 heavy (non-hydrogen) atoms. The minimum Gasteiger partial charge on any atom is -0.508 e. The fourth-order valence-corrected chi connectivity index (χ4v) is 1.92. The van der Waals surface area contributed by atoms with E-state index in [1.165, 1.54) is 5.56 Å². The molecule has 0 amide bonds. The van der Waals surface area contributed by atoms with Gasteiger partial charge >= 0.3 is 0 Å². The normalized spacial score (nSPS) is 11.3. The zero-order valence-electron chi connectivity index (χ0n) is 9.99. The molecule has 0 spiro atoms. The summed E-state index contributed by atoms with van der Waals surface area (Å²) in [6.45, 7) is 6.39. The van der Waals surface area contributed by atoms with E-state index < -0.39 is 0 Å². The first kappa shape index (κ1) is 13.5. The third-order valence-electron chi connectivity index (χ3n) is 2.61. The molecule has 0 aliphatic carbocycles. The molecule has 90 valence electrons. The van der Waals surface area contributed by atoms with E-state index >= 15 is 0 Å². The highest BCUT2D eigenvalue weighted by Gasteiger charge is 2.09. The number of phenols is 1. The van der Waals surface area contributed by atoms with E-state index in [-0.39, 0.29) is 0 Å². The Kier molecular flexibility index (Phi) is 5.85. The smallest absolute Gasteiger partial charge is 0.115 e. The van der Waals surface area contributed by atoms with Gasteiger partial charge in [-0.05, 0) is 44.5 Å². The average molecular weight is 286 g/mol. The van der Waals surface area contributed by atoms with Gasteiger partial charge in [0.2, 0.25) is 0 Å². The van der Waals surface area contributed by atoms with Crippen LogP contribution in [0.25, 0.3) is 0 Å². The largest absolute Gasteiger partial charge is 0.508 e. The van der Waals surface area contributed by atoms with Crippen LogP contribution in [0.4, 0.5) is 0 Å². The molecule has 0 bridgehead atoms. The Balaban J connectivity index is 2.60. The molecule has 1 N–H and O–H groups in total. The molecule has 0 heterocycles. The number of benzene rings is 1. The molecule has 0 aliphatic rings. The summed E-state index contributed by atoms with van der Waals surface area (Å²) in [5.41, 5.74) is 1.17. The summed E-state index contributed by atoms with van der Waals surface area (Å²) >= 11 is 3.46. The highest BCUT2D eigenvalue weighted by Crippen LogP contribution is 2.14. The molecule has 1 aromatic carbocycles. The van der Waals surface area contributed by atoms with Crippen molar-refractivity contribution < 1.29 is 5.11 Å². The fraction of sp³-hybridized carbons (Fsp3) is 0.538. The molecule has 0 saturated heterocycles. The van der Waals surface area contributed by atoms with E-state index in [0.29, 0.717) is 11.8 Å². The number of hydrogen-bond donors (Lipinski definition) is 1. The predicted octanol–water partition coefficient (Wildman–Crippen LogP) is 3.39. The van der Waals surface area contributed by atoms with Crippen molar-refractivity contribution in [2.24, 2.45) is 0 Å². The van der Waals surface area contributed by atoms with Crippen LogP contribution in [0.3, 0.4) is 0 Å². The predicted molar refractivity (Wildman–Crippen MR) is 72.1 cm³/mol. The van der Waals surface area contributed by atoms with Crippen LogP contribution in [0.1, 0.15) is 25.8 Å². The second kappa shape index (κ2) is 6.92. The lowest BCUT2D eigenvalue weighted by atomic mass is 10.1. The van der Waals surface area contributed by atoms with Crippen LogP contribution in [-0.2, 0) is 6.54 Å². The molecule has 0 fully saturated rings. The first-order valence-electron chi connectivity index (χ1n) is 5.71. The zero-order chi connectivity index (χ0) is 12.0.